The molecule has 0 spiro atoms. The predicted octanol–water partition coefficient (Wildman–Crippen LogP) is 2.93. The van der Waals surface area contributed by atoms with Gasteiger partial charge in [-0.15, -0.1) is 0 Å². The Morgan fingerprint density at radius 3 is 2.92 bits per heavy atom. The van der Waals surface area contributed by atoms with E-state index >= 15 is 0 Å². The third-order valence-electron chi connectivity index (χ3n) is 4.20. The Morgan fingerprint density at radius 1 is 1.25 bits per heavy atom. The van der Waals surface area contributed by atoms with Crippen molar-refractivity contribution >= 4 is 28.4 Å². The van der Waals surface area contributed by atoms with Gasteiger partial charge < -0.3 is 15.2 Å². The lowest BCUT2D eigenvalue weighted by atomic mass is 10.2. The van der Waals surface area contributed by atoms with E-state index in [0.29, 0.717) is 24.0 Å². The maximum Gasteiger partial charge on any atom is 0.422 e. The average Bonchev–Trinajstić information content (AvgIpc) is 2.84. The molecule has 7 heteroatoms. The Morgan fingerprint density at radius 2 is 2.08 bits per heavy atom. The van der Waals surface area contributed by atoms with Crippen LogP contribution in [-0.4, -0.2) is 22.8 Å². The van der Waals surface area contributed by atoms with E-state index in [1.807, 2.05) is 47.5 Å². The largest absolute Gasteiger partial charge is 0.505 e. The first-order chi connectivity index (χ1) is 11.6. The summed E-state index contributed by atoms with van der Waals surface area (Å²) >= 11 is 0. The topological polar surface area (TPSA) is 75.0 Å². The molecular formula is C17H18N5O2+. The molecule has 0 radical (unpaired) electrons. The van der Waals surface area contributed by atoms with Crippen LogP contribution in [0.15, 0.2) is 46.6 Å². The van der Waals surface area contributed by atoms with Crippen LogP contribution in [-0.2, 0) is 14.1 Å². The first-order valence-electron chi connectivity index (χ1n) is 7.74. The number of phenols is 1. The monoisotopic (exact) mass is 324 g/mol. The maximum atomic E-state index is 10.2. The standard InChI is InChI=1S/C17H17N5O2/c1-21-13-5-3-4-6-14(13)22(2)17(21)20-19-11-10-16-12(9-15(11)23)18-7-8-24-16/h3-6,9-10H,7-8H2,1-2H3,(H,18,23)/p+1. The molecule has 7 nitrogen and oxygen atoms in total. The fourth-order valence-corrected chi connectivity index (χ4v) is 2.95. The molecule has 0 bridgehead atoms. The first kappa shape index (κ1) is 14.5. The van der Waals surface area contributed by atoms with Crippen molar-refractivity contribution in [2.75, 3.05) is 18.5 Å². The number of aryl methyl sites for hydroxylation is 2. The van der Waals surface area contributed by atoms with Crippen molar-refractivity contribution in [1.82, 2.24) is 4.57 Å². The van der Waals surface area contributed by atoms with Gasteiger partial charge in [-0.3, -0.25) is 0 Å². The molecule has 0 atom stereocenters. The fraction of sp³-hybridized carbons (Fsp3) is 0.235. The van der Waals surface area contributed by atoms with Crippen LogP contribution in [0.3, 0.4) is 0 Å². The van der Waals surface area contributed by atoms with Gasteiger partial charge in [0.05, 0.1) is 19.8 Å². The van der Waals surface area contributed by atoms with E-state index in [4.69, 9.17) is 4.74 Å². The summed E-state index contributed by atoms with van der Waals surface area (Å²) in [4.78, 5) is 0. The number of aromatic hydroxyl groups is 1. The summed E-state index contributed by atoms with van der Waals surface area (Å²) in [5.74, 6) is 1.43. The number of phenolic OH excluding ortho intramolecular Hbond substituents is 1. The van der Waals surface area contributed by atoms with Crippen LogP contribution in [0.5, 0.6) is 11.5 Å². The van der Waals surface area contributed by atoms with Crippen LogP contribution in [0, 0.1) is 0 Å². The highest BCUT2D eigenvalue weighted by molar-refractivity contribution is 5.73. The molecule has 0 saturated heterocycles. The molecule has 0 saturated carbocycles. The SMILES string of the molecule is Cn1c(N=Nc2cc3c(cc2O)NCCO3)[n+](C)c2ccccc21. The van der Waals surface area contributed by atoms with Gasteiger partial charge in [-0.25, -0.2) is 9.13 Å². The van der Waals surface area contributed by atoms with Gasteiger partial charge >= 0.3 is 5.95 Å². The van der Waals surface area contributed by atoms with Gasteiger partial charge in [-0.1, -0.05) is 17.2 Å². The summed E-state index contributed by atoms with van der Waals surface area (Å²) in [6, 6.07) is 11.4. The number of aromatic nitrogens is 2. The second kappa shape index (κ2) is 5.52. The number of nitrogens with zero attached hydrogens (tertiary/aromatic N) is 4. The van der Waals surface area contributed by atoms with Crippen molar-refractivity contribution in [3.05, 3.63) is 36.4 Å². The quantitative estimate of drug-likeness (QED) is 0.562. The highest BCUT2D eigenvalue weighted by Crippen LogP contribution is 2.39. The van der Waals surface area contributed by atoms with Gasteiger partial charge in [-0.05, 0) is 12.1 Å². The predicted molar refractivity (Wildman–Crippen MR) is 90.4 cm³/mol. The van der Waals surface area contributed by atoms with Crippen molar-refractivity contribution in [3.8, 4) is 11.5 Å². The Balaban J connectivity index is 1.76. The lowest BCUT2D eigenvalue weighted by Gasteiger charge is -2.19. The smallest absolute Gasteiger partial charge is 0.422 e. The number of benzene rings is 2. The van der Waals surface area contributed by atoms with Crippen molar-refractivity contribution in [3.63, 3.8) is 0 Å². The van der Waals surface area contributed by atoms with Gasteiger partial charge in [0.2, 0.25) is 0 Å². The van der Waals surface area contributed by atoms with Gasteiger partial charge in [0, 0.05) is 23.8 Å². The minimum absolute atomic E-state index is 0.0666. The van der Waals surface area contributed by atoms with E-state index in [9.17, 15) is 5.11 Å². The van der Waals surface area contributed by atoms with Gasteiger partial charge in [0.1, 0.15) is 34.8 Å². The summed E-state index contributed by atoms with van der Waals surface area (Å²) in [7, 11) is 3.88. The summed E-state index contributed by atoms with van der Waals surface area (Å²) in [5, 5.41) is 21.9. The van der Waals surface area contributed by atoms with Gasteiger partial charge in [0.25, 0.3) is 0 Å². The molecule has 0 fully saturated rings. The molecule has 3 aromatic rings. The van der Waals surface area contributed by atoms with E-state index in [1.54, 1.807) is 12.1 Å². The summed E-state index contributed by atoms with van der Waals surface area (Å²) < 4.78 is 9.51. The number of rotatable bonds is 2. The Bertz CT molecular complexity index is 922. The van der Waals surface area contributed by atoms with E-state index in [1.165, 1.54) is 0 Å². The highest BCUT2D eigenvalue weighted by Gasteiger charge is 2.20. The molecule has 2 aromatic carbocycles. The molecule has 1 aromatic heterocycles. The highest BCUT2D eigenvalue weighted by atomic mass is 16.5. The molecule has 2 heterocycles. The number of imidazole rings is 1. The van der Waals surface area contributed by atoms with Gasteiger partial charge in [-0.2, -0.15) is 0 Å². The first-order valence-corrected chi connectivity index (χ1v) is 7.74. The molecule has 1 aliphatic heterocycles. The Labute approximate surface area is 138 Å². The van der Waals surface area contributed by atoms with Gasteiger partial charge in [0.15, 0.2) is 0 Å². The van der Waals surface area contributed by atoms with Crippen LogP contribution in [0.1, 0.15) is 0 Å². The molecule has 1 aliphatic rings. The molecule has 24 heavy (non-hydrogen) atoms. The van der Waals surface area contributed by atoms with Crippen LogP contribution < -0.4 is 14.6 Å². The lowest BCUT2D eigenvalue weighted by molar-refractivity contribution is -0.632. The molecule has 0 unspecified atom stereocenters. The molecule has 0 amide bonds. The molecule has 0 aliphatic carbocycles. The number of fused-ring (bicyclic) bond motifs is 2. The number of azo groups is 1. The number of para-hydroxylation sites is 2. The van der Waals surface area contributed by atoms with Crippen LogP contribution in [0.25, 0.3) is 11.0 Å². The average molecular weight is 324 g/mol. The van der Waals surface area contributed by atoms with E-state index in [0.717, 1.165) is 23.3 Å². The Kier molecular flexibility index (Phi) is 3.34. The number of hydrogen-bond acceptors (Lipinski definition) is 5. The van der Waals surface area contributed by atoms with Crippen LogP contribution in [0.4, 0.5) is 17.3 Å². The van der Waals surface area contributed by atoms with Crippen molar-refractivity contribution in [2.24, 2.45) is 24.3 Å². The summed E-state index contributed by atoms with van der Waals surface area (Å²) in [5.41, 5.74) is 3.28. The minimum atomic E-state index is 0.0666. The second-order valence-electron chi connectivity index (χ2n) is 5.72. The third kappa shape index (κ3) is 2.25. The summed E-state index contributed by atoms with van der Waals surface area (Å²) in [6.07, 6.45) is 0. The summed E-state index contributed by atoms with van der Waals surface area (Å²) in [6.45, 7) is 1.31. The van der Waals surface area contributed by atoms with E-state index in [2.05, 4.69) is 15.5 Å². The maximum absolute atomic E-state index is 10.2. The van der Waals surface area contributed by atoms with Crippen molar-refractivity contribution in [2.45, 2.75) is 0 Å². The number of ether oxygens (including phenoxy) is 1. The number of nitrogens with one attached hydrogen (secondary N) is 1. The van der Waals surface area contributed by atoms with Crippen LogP contribution >= 0.6 is 0 Å². The zero-order valence-electron chi connectivity index (χ0n) is 13.5. The van der Waals surface area contributed by atoms with Crippen LogP contribution in [0.2, 0.25) is 0 Å². The fourth-order valence-electron chi connectivity index (χ4n) is 2.95. The minimum Gasteiger partial charge on any atom is -0.505 e. The van der Waals surface area contributed by atoms with Crippen molar-refractivity contribution < 1.29 is 14.4 Å². The zero-order chi connectivity index (χ0) is 16.7. The second-order valence-corrected chi connectivity index (χ2v) is 5.72. The molecule has 122 valence electrons. The normalized spacial score (nSPS) is 13.8. The lowest BCUT2D eigenvalue weighted by Crippen LogP contribution is -2.26. The zero-order valence-corrected chi connectivity index (χ0v) is 13.5. The number of anilines is 1. The molecule has 4 rings (SSSR count). The van der Waals surface area contributed by atoms with Crippen molar-refractivity contribution in [1.29, 1.82) is 0 Å². The van der Waals surface area contributed by atoms with E-state index < -0.39 is 0 Å². The van der Waals surface area contributed by atoms with E-state index in [-0.39, 0.29) is 5.75 Å². The molecular weight excluding hydrogens is 306 g/mol. The third-order valence-corrected chi connectivity index (χ3v) is 4.20. The molecule has 2 N–H and O–H groups in total. The Hall–Kier alpha value is -3.09. The number of hydrogen-bond donors (Lipinski definition) is 2.